The highest BCUT2D eigenvalue weighted by atomic mass is 32.3. The molecule has 0 radical (unpaired) electrons. The Labute approximate surface area is 155 Å². The summed E-state index contributed by atoms with van der Waals surface area (Å²) in [5.41, 5.74) is 0.881. The predicted molar refractivity (Wildman–Crippen MR) is 97.6 cm³/mol. The van der Waals surface area contributed by atoms with E-state index in [1.165, 1.54) is 28.1 Å². The van der Waals surface area contributed by atoms with Crippen LogP contribution in [0.2, 0.25) is 0 Å². The van der Waals surface area contributed by atoms with E-state index < -0.39 is 22.3 Å². The van der Waals surface area contributed by atoms with Gasteiger partial charge in [0.15, 0.2) is 0 Å². The number of hydrogen-bond acceptors (Lipinski definition) is 6. The molecule has 11 heteroatoms. The molecule has 2 heterocycles. The Kier molecular flexibility index (Phi) is 5.14. The molecule has 0 spiro atoms. The third-order valence-electron chi connectivity index (χ3n) is 4.08. The van der Waals surface area contributed by atoms with Gasteiger partial charge in [-0.25, -0.2) is 0 Å². The van der Waals surface area contributed by atoms with E-state index in [1.807, 2.05) is 0 Å². The van der Waals surface area contributed by atoms with Gasteiger partial charge in [-0.15, -0.1) is 3.71 Å². The maximum atomic E-state index is 12.6. The molecule has 0 saturated carbocycles. The molecule has 1 unspecified atom stereocenters. The SMILES string of the molecule is O=C1C(N(S)S(=O)(=O)O)CCCN1c1ccc(-n2ccncc2=O)cc1. The van der Waals surface area contributed by atoms with Crippen LogP contribution in [0.5, 0.6) is 0 Å². The third kappa shape index (κ3) is 3.65. The second-order valence-corrected chi connectivity index (χ2v) is 7.69. The first kappa shape index (κ1) is 18.6. The molecule has 138 valence electrons. The second kappa shape index (κ2) is 7.19. The molecular weight excluding hydrogens is 380 g/mol. The molecule has 3 rings (SSSR count). The zero-order valence-electron chi connectivity index (χ0n) is 13.5. The number of hydrogen-bond donors (Lipinski definition) is 2. The standard InChI is InChI=1S/C15H16N4O5S2/c20-14-10-16-7-9-17(14)11-3-5-12(6-4-11)18-8-1-2-13(15(18)21)19(25)26(22,23)24/h3-7,9-10,13,25H,1-2,8H2,(H,22,23,24). The number of anilines is 1. The van der Waals surface area contributed by atoms with Crippen LogP contribution in [0.4, 0.5) is 5.69 Å². The Bertz CT molecular complexity index is 974. The minimum Gasteiger partial charge on any atom is -0.311 e. The van der Waals surface area contributed by atoms with E-state index in [2.05, 4.69) is 17.8 Å². The number of aromatic nitrogens is 2. The molecule has 26 heavy (non-hydrogen) atoms. The van der Waals surface area contributed by atoms with Crippen molar-refractivity contribution in [3.05, 3.63) is 53.2 Å². The summed E-state index contributed by atoms with van der Waals surface area (Å²) in [6.45, 7) is 0.414. The summed E-state index contributed by atoms with van der Waals surface area (Å²) >= 11 is 3.75. The van der Waals surface area contributed by atoms with Crippen molar-refractivity contribution in [2.75, 3.05) is 11.4 Å². The van der Waals surface area contributed by atoms with Gasteiger partial charge in [-0.05, 0) is 37.1 Å². The smallest absolute Gasteiger partial charge is 0.311 e. The first-order valence-electron chi connectivity index (χ1n) is 7.69. The minimum atomic E-state index is -4.58. The van der Waals surface area contributed by atoms with Crippen molar-refractivity contribution < 1.29 is 17.8 Å². The number of piperidine rings is 1. The predicted octanol–water partition coefficient (Wildman–Crippen LogP) is 0.677. The fraction of sp³-hybridized carbons (Fsp3) is 0.267. The third-order valence-corrected chi connectivity index (χ3v) is 5.70. The van der Waals surface area contributed by atoms with E-state index in [9.17, 15) is 18.0 Å². The van der Waals surface area contributed by atoms with Crippen LogP contribution in [0.1, 0.15) is 12.8 Å². The maximum Gasteiger partial charge on any atom is 0.345 e. The molecular formula is C15H16N4O5S2. The van der Waals surface area contributed by atoms with Crippen molar-refractivity contribution >= 4 is 34.7 Å². The summed E-state index contributed by atoms with van der Waals surface area (Å²) in [5.74, 6) is -0.474. The molecule has 1 amide bonds. The fourth-order valence-electron chi connectivity index (χ4n) is 2.83. The summed E-state index contributed by atoms with van der Waals surface area (Å²) in [7, 11) is -4.58. The van der Waals surface area contributed by atoms with Gasteiger partial charge in [-0.2, -0.15) is 8.42 Å². The van der Waals surface area contributed by atoms with Crippen molar-refractivity contribution in [2.45, 2.75) is 18.9 Å². The molecule has 1 aliphatic heterocycles. The van der Waals surface area contributed by atoms with E-state index >= 15 is 0 Å². The highest BCUT2D eigenvalue weighted by Crippen LogP contribution is 2.26. The molecule has 1 aromatic carbocycles. The Balaban J connectivity index is 1.86. The van der Waals surface area contributed by atoms with Crippen molar-refractivity contribution in [2.24, 2.45) is 0 Å². The lowest BCUT2D eigenvalue weighted by Gasteiger charge is -2.34. The highest BCUT2D eigenvalue weighted by molar-refractivity contribution is 7.96. The summed E-state index contributed by atoms with van der Waals surface area (Å²) < 4.78 is 33.4. The zero-order valence-corrected chi connectivity index (χ0v) is 15.2. The lowest BCUT2D eigenvalue weighted by Crippen LogP contribution is -2.51. The lowest BCUT2D eigenvalue weighted by molar-refractivity contribution is -0.122. The largest absolute Gasteiger partial charge is 0.345 e. The molecule has 2 aromatic rings. The van der Waals surface area contributed by atoms with Crippen LogP contribution in [0.3, 0.4) is 0 Å². The van der Waals surface area contributed by atoms with Crippen LogP contribution in [-0.2, 0) is 15.1 Å². The monoisotopic (exact) mass is 396 g/mol. The first-order valence-corrected chi connectivity index (χ1v) is 9.49. The van der Waals surface area contributed by atoms with Crippen LogP contribution in [-0.4, -0.2) is 44.7 Å². The molecule has 0 aliphatic carbocycles. The van der Waals surface area contributed by atoms with E-state index in [1.54, 1.807) is 24.3 Å². The van der Waals surface area contributed by atoms with Crippen molar-refractivity contribution in [1.29, 1.82) is 0 Å². The molecule has 0 bridgehead atoms. The van der Waals surface area contributed by atoms with Gasteiger partial charge in [0.05, 0.1) is 6.20 Å². The van der Waals surface area contributed by atoms with Crippen LogP contribution < -0.4 is 10.5 Å². The second-order valence-electron chi connectivity index (χ2n) is 5.70. The van der Waals surface area contributed by atoms with E-state index in [-0.39, 0.29) is 12.0 Å². The van der Waals surface area contributed by atoms with Crippen LogP contribution in [0.25, 0.3) is 5.69 Å². The average Bonchev–Trinajstić information content (AvgIpc) is 2.61. The highest BCUT2D eigenvalue weighted by Gasteiger charge is 2.37. The van der Waals surface area contributed by atoms with E-state index in [0.717, 1.165) is 0 Å². The average molecular weight is 396 g/mol. The number of carbonyl (C=O) groups excluding carboxylic acids is 1. The molecule has 1 atom stereocenters. The molecule has 9 nitrogen and oxygen atoms in total. The number of nitrogens with zero attached hydrogens (tertiary/aromatic N) is 4. The summed E-state index contributed by atoms with van der Waals surface area (Å²) in [6.07, 6.45) is 5.04. The minimum absolute atomic E-state index is 0.267. The van der Waals surface area contributed by atoms with Crippen LogP contribution >= 0.6 is 12.8 Å². The molecule has 1 aliphatic rings. The van der Waals surface area contributed by atoms with Gasteiger partial charge in [0.1, 0.15) is 6.04 Å². The molecule has 1 saturated heterocycles. The zero-order chi connectivity index (χ0) is 18.9. The topological polar surface area (TPSA) is 113 Å². The van der Waals surface area contributed by atoms with E-state index in [4.69, 9.17) is 4.55 Å². The number of thiol groups is 1. The van der Waals surface area contributed by atoms with Gasteiger partial charge in [-0.3, -0.25) is 23.7 Å². The number of benzene rings is 1. The van der Waals surface area contributed by atoms with Gasteiger partial charge in [0.25, 0.3) is 5.56 Å². The van der Waals surface area contributed by atoms with Crippen molar-refractivity contribution in [1.82, 2.24) is 13.3 Å². The molecule has 1 N–H and O–H groups in total. The first-order chi connectivity index (χ1) is 12.3. The van der Waals surface area contributed by atoms with Gasteiger partial charge in [0.2, 0.25) is 5.91 Å². The molecule has 1 fully saturated rings. The summed E-state index contributed by atoms with van der Waals surface area (Å²) in [4.78, 5) is 29.6. The number of amides is 1. The fourth-order valence-corrected chi connectivity index (χ4v) is 3.56. The summed E-state index contributed by atoms with van der Waals surface area (Å²) in [6, 6.07) is 5.60. The van der Waals surface area contributed by atoms with Crippen molar-refractivity contribution in [3.8, 4) is 5.69 Å². The maximum absolute atomic E-state index is 12.6. The number of rotatable bonds is 4. The number of carbonyl (C=O) groups is 1. The normalized spacial score (nSPS) is 18.3. The van der Waals surface area contributed by atoms with Crippen LogP contribution in [0, 0.1) is 0 Å². The van der Waals surface area contributed by atoms with Gasteiger partial charge < -0.3 is 4.90 Å². The Morgan fingerprint density at radius 1 is 1.19 bits per heavy atom. The summed E-state index contributed by atoms with van der Waals surface area (Å²) in [5, 5.41) is 0. The van der Waals surface area contributed by atoms with Gasteiger partial charge in [-0.1, -0.05) is 12.8 Å². The van der Waals surface area contributed by atoms with Crippen LogP contribution in [0.15, 0.2) is 47.7 Å². The lowest BCUT2D eigenvalue weighted by atomic mass is 10.0. The van der Waals surface area contributed by atoms with Gasteiger partial charge >= 0.3 is 10.3 Å². The van der Waals surface area contributed by atoms with Crippen molar-refractivity contribution in [3.63, 3.8) is 0 Å². The quantitative estimate of drug-likeness (QED) is 0.580. The van der Waals surface area contributed by atoms with Gasteiger partial charge in [0, 0.05) is 30.3 Å². The molecule has 1 aromatic heterocycles. The Hall–Kier alpha value is -2.21. The Morgan fingerprint density at radius 2 is 1.85 bits per heavy atom. The Morgan fingerprint density at radius 3 is 2.46 bits per heavy atom. The van der Waals surface area contributed by atoms with E-state index in [0.29, 0.717) is 28.1 Å².